The van der Waals surface area contributed by atoms with E-state index in [1.807, 2.05) is 0 Å². The lowest BCUT2D eigenvalue weighted by molar-refractivity contribution is -0.102. The summed E-state index contributed by atoms with van der Waals surface area (Å²) in [5, 5.41) is 12.3. The van der Waals surface area contributed by atoms with Gasteiger partial charge in [-0.25, -0.2) is 18.2 Å². The van der Waals surface area contributed by atoms with E-state index in [2.05, 4.69) is 26.0 Å². The summed E-state index contributed by atoms with van der Waals surface area (Å²) in [7, 11) is 1.64. The second-order valence-electron chi connectivity index (χ2n) is 7.97. The highest BCUT2D eigenvalue weighted by Crippen LogP contribution is 2.38. The number of nitrogens with zero attached hydrogens (tertiary/aromatic N) is 4. The predicted molar refractivity (Wildman–Crippen MR) is 111 cm³/mol. The largest absolute Gasteiger partial charge is 0.373 e. The molecule has 3 aromatic rings. The molecule has 0 aliphatic heterocycles. The van der Waals surface area contributed by atoms with Crippen molar-refractivity contribution in [2.75, 3.05) is 17.7 Å². The highest BCUT2D eigenvalue weighted by atomic mass is 19.3. The summed E-state index contributed by atoms with van der Waals surface area (Å²) in [6, 6.07) is 3.06. The highest BCUT2D eigenvalue weighted by Gasteiger charge is 2.49. The Labute approximate surface area is 179 Å². The lowest BCUT2D eigenvalue weighted by Gasteiger charge is -2.36. The Bertz CT molecular complexity index is 1270. The van der Waals surface area contributed by atoms with Crippen molar-refractivity contribution in [2.24, 2.45) is 0 Å². The lowest BCUT2D eigenvalue weighted by Crippen LogP contribution is -2.55. The smallest absolute Gasteiger partial charge is 0.274 e. The topological polar surface area (TPSA) is 105 Å². The third kappa shape index (κ3) is 3.35. The van der Waals surface area contributed by atoms with Gasteiger partial charge < -0.3 is 20.5 Å². The maximum atomic E-state index is 13.6. The molecule has 0 aromatic carbocycles. The fourth-order valence-corrected chi connectivity index (χ4v) is 3.73. The molecule has 2 aliphatic carbocycles. The second-order valence-corrected chi connectivity index (χ2v) is 7.97. The van der Waals surface area contributed by atoms with Crippen molar-refractivity contribution in [3.05, 3.63) is 46.5 Å². The van der Waals surface area contributed by atoms with Gasteiger partial charge in [-0.15, -0.1) is 0 Å². The van der Waals surface area contributed by atoms with Crippen LogP contribution in [-0.4, -0.2) is 50.3 Å². The molecule has 3 aromatic heterocycles. The molecular weight excluding hydrogens is 427 g/mol. The molecule has 3 heterocycles. The average molecular weight is 447 g/mol. The molecule has 3 atom stereocenters. The van der Waals surface area contributed by atoms with Crippen LogP contribution in [-0.2, 0) is 0 Å². The molecule has 5 rings (SSSR count). The Hall–Kier alpha value is -3.57. The Morgan fingerprint density at radius 2 is 2.12 bits per heavy atom. The molecule has 1 amide bonds. The second kappa shape index (κ2) is 7.24. The molecule has 9 nitrogen and oxygen atoms in total. The number of rotatable bonds is 6. The van der Waals surface area contributed by atoms with Gasteiger partial charge in [0.2, 0.25) is 0 Å². The number of alkyl halides is 3. The van der Waals surface area contributed by atoms with Gasteiger partial charge in [0, 0.05) is 32.2 Å². The Morgan fingerprint density at radius 3 is 2.75 bits per heavy atom. The number of fused-ring (bicyclic) bond motifs is 1. The first-order valence-electron chi connectivity index (χ1n) is 10.2. The van der Waals surface area contributed by atoms with Crippen LogP contribution in [0.4, 0.5) is 30.5 Å². The van der Waals surface area contributed by atoms with E-state index < -0.39 is 35.6 Å². The van der Waals surface area contributed by atoms with Gasteiger partial charge in [-0.3, -0.25) is 9.59 Å². The average Bonchev–Trinajstić information content (AvgIpc) is 3.33. The normalized spacial score (nSPS) is 23.4. The van der Waals surface area contributed by atoms with Crippen molar-refractivity contribution in [2.45, 2.75) is 43.4 Å². The van der Waals surface area contributed by atoms with E-state index in [-0.39, 0.29) is 35.6 Å². The zero-order chi connectivity index (χ0) is 22.6. The fourth-order valence-electron chi connectivity index (χ4n) is 3.73. The van der Waals surface area contributed by atoms with E-state index >= 15 is 0 Å². The molecule has 3 N–H and O–H groups in total. The summed E-state index contributed by atoms with van der Waals surface area (Å²) in [5.74, 6) is -2.95. The minimum absolute atomic E-state index is 0.0246. The van der Waals surface area contributed by atoms with E-state index in [1.165, 1.54) is 21.5 Å². The van der Waals surface area contributed by atoms with E-state index in [4.69, 9.17) is 0 Å². The minimum Gasteiger partial charge on any atom is -0.373 e. The molecular formula is C20H20F3N7O2. The molecule has 0 saturated heterocycles. The molecule has 0 radical (unpaired) electrons. The van der Waals surface area contributed by atoms with Crippen LogP contribution in [0.5, 0.6) is 0 Å². The number of pyridine rings is 1. The molecule has 0 spiro atoms. The van der Waals surface area contributed by atoms with Crippen molar-refractivity contribution < 1.29 is 18.0 Å². The molecule has 12 heteroatoms. The number of halogens is 3. The number of nitrogens with one attached hydrogen (secondary N) is 3. The molecule has 2 aliphatic rings. The van der Waals surface area contributed by atoms with Gasteiger partial charge in [0.25, 0.3) is 17.4 Å². The number of amides is 1. The van der Waals surface area contributed by atoms with E-state index in [0.29, 0.717) is 12.2 Å². The maximum Gasteiger partial charge on any atom is 0.274 e. The first kappa shape index (κ1) is 20.3. The van der Waals surface area contributed by atoms with Gasteiger partial charge in [-0.2, -0.15) is 9.61 Å². The molecule has 32 heavy (non-hydrogen) atoms. The summed E-state index contributed by atoms with van der Waals surface area (Å²) < 4.78 is 43.3. The number of hydrogen-bond acceptors (Lipinski definition) is 6. The van der Waals surface area contributed by atoms with Gasteiger partial charge in [-0.05, 0) is 18.6 Å². The van der Waals surface area contributed by atoms with Gasteiger partial charge in [-0.1, -0.05) is 0 Å². The molecule has 2 fully saturated rings. The Kier molecular flexibility index (Phi) is 4.60. The maximum absolute atomic E-state index is 13.6. The minimum atomic E-state index is -2.93. The molecule has 168 valence electrons. The van der Waals surface area contributed by atoms with E-state index in [9.17, 15) is 22.8 Å². The number of anilines is 3. The van der Waals surface area contributed by atoms with Crippen LogP contribution in [0.2, 0.25) is 0 Å². The van der Waals surface area contributed by atoms with Gasteiger partial charge in [0.15, 0.2) is 5.65 Å². The fraction of sp³-hybridized carbons (Fsp3) is 0.400. The third-order valence-electron chi connectivity index (χ3n) is 5.83. The summed E-state index contributed by atoms with van der Waals surface area (Å²) in [5.41, 5.74) is -0.0625. The number of carbonyl (C=O) groups excluding carboxylic acids is 1. The van der Waals surface area contributed by atoms with Gasteiger partial charge in [0.05, 0.1) is 18.3 Å². The van der Waals surface area contributed by atoms with Crippen LogP contribution in [0.1, 0.15) is 35.7 Å². The molecule has 0 bridgehead atoms. The highest BCUT2D eigenvalue weighted by molar-refractivity contribution is 6.00. The van der Waals surface area contributed by atoms with Crippen molar-refractivity contribution in [3.8, 4) is 0 Å². The Balaban J connectivity index is 1.48. The quantitative estimate of drug-likeness (QED) is 0.536. The lowest BCUT2D eigenvalue weighted by atomic mass is 9.88. The first-order chi connectivity index (χ1) is 15.3. The van der Waals surface area contributed by atoms with Crippen LogP contribution >= 0.6 is 0 Å². The number of aromatic nitrogens is 4. The molecule has 0 unspecified atom stereocenters. The number of hydrogen-bond donors (Lipinski definition) is 3. The first-order valence-corrected chi connectivity index (χ1v) is 10.2. The zero-order valence-corrected chi connectivity index (χ0v) is 17.0. The van der Waals surface area contributed by atoms with Crippen LogP contribution < -0.4 is 21.5 Å². The van der Waals surface area contributed by atoms with Crippen molar-refractivity contribution in [1.29, 1.82) is 0 Å². The standard InChI is InChI=1S/C20H20F3N7O2/c1-24-16-8-15(26-12-3-2-6-29(19(12)32)13-7-11(13)21)28-17-10(9-25-30(16)17)18(31)27-14-4-5-20(14,22)23/h2-3,6,8-9,11,13-14,24H,4-5,7H2,1H3,(H,26,28)(H,27,31)/t11-,13-,14-/m1/s1. The van der Waals surface area contributed by atoms with Crippen LogP contribution in [0, 0.1) is 0 Å². The van der Waals surface area contributed by atoms with Crippen LogP contribution in [0.3, 0.4) is 0 Å². The monoisotopic (exact) mass is 447 g/mol. The number of carbonyl (C=O) groups is 1. The van der Waals surface area contributed by atoms with Crippen molar-refractivity contribution in [3.63, 3.8) is 0 Å². The summed E-state index contributed by atoms with van der Waals surface area (Å²) in [6.45, 7) is 0. The van der Waals surface area contributed by atoms with E-state index in [0.717, 1.165) is 0 Å². The van der Waals surface area contributed by atoms with Crippen LogP contribution in [0.15, 0.2) is 35.4 Å². The van der Waals surface area contributed by atoms with Crippen molar-refractivity contribution >= 4 is 28.9 Å². The van der Waals surface area contributed by atoms with Crippen LogP contribution in [0.25, 0.3) is 5.65 Å². The van der Waals surface area contributed by atoms with Gasteiger partial charge in [0.1, 0.15) is 29.1 Å². The summed E-state index contributed by atoms with van der Waals surface area (Å²) >= 11 is 0. The predicted octanol–water partition coefficient (Wildman–Crippen LogP) is 2.49. The third-order valence-corrected chi connectivity index (χ3v) is 5.83. The summed E-state index contributed by atoms with van der Waals surface area (Å²) in [4.78, 5) is 29.7. The summed E-state index contributed by atoms with van der Waals surface area (Å²) in [6.07, 6.45) is 1.98. The van der Waals surface area contributed by atoms with E-state index in [1.54, 1.807) is 25.2 Å². The Morgan fingerprint density at radius 1 is 1.34 bits per heavy atom. The molecule has 2 saturated carbocycles. The zero-order valence-electron chi connectivity index (χ0n) is 17.0. The SMILES string of the molecule is CNc1cc(Nc2cccn([C@@H]3C[C@H]3F)c2=O)nc2c(C(=O)N[C@@H]3CCC3(F)F)cnn12. The van der Waals surface area contributed by atoms with Gasteiger partial charge >= 0.3 is 0 Å². The van der Waals surface area contributed by atoms with Crippen molar-refractivity contribution in [1.82, 2.24) is 24.5 Å².